The summed E-state index contributed by atoms with van der Waals surface area (Å²) in [7, 11) is 0. The Morgan fingerprint density at radius 2 is 2.11 bits per heavy atom. The molecule has 0 aliphatic heterocycles. The minimum absolute atomic E-state index is 0.140. The van der Waals surface area contributed by atoms with E-state index in [1.165, 1.54) is 0 Å². The topological polar surface area (TPSA) is 67.3 Å². The van der Waals surface area contributed by atoms with Gasteiger partial charge in [0, 0.05) is 23.9 Å². The van der Waals surface area contributed by atoms with Crippen LogP contribution in [0.5, 0.6) is 5.88 Å². The number of aryl methyl sites for hydroxylation is 1. The number of ether oxygens (including phenoxy) is 1. The third-order valence-corrected chi connectivity index (χ3v) is 2.98. The van der Waals surface area contributed by atoms with Gasteiger partial charge in [0.2, 0.25) is 11.8 Å². The van der Waals surface area contributed by atoms with Gasteiger partial charge in [-0.15, -0.1) is 0 Å². The van der Waals surface area contributed by atoms with Gasteiger partial charge < -0.3 is 15.2 Å². The molecule has 0 saturated carbocycles. The van der Waals surface area contributed by atoms with Crippen LogP contribution in [-0.2, 0) is 0 Å². The van der Waals surface area contributed by atoms with Crippen LogP contribution in [0.15, 0.2) is 6.07 Å². The van der Waals surface area contributed by atoms with E-state index in [0.717, 1.165) is 12.1 Å². The Labute approximate surface area is 109 Å². The van der Waals surface area contributed by atoms with Crippen LogP contribution in [0.25, 0.3) is 0 Å². The molecule has 1 rings (SSSR count). The zero-order valence-electron chi connectivity index (χ0n) is 11.7. The van der Waals surface area contributed by atoms with Gasteiger partial charge in [-0.2, -0.15) is 4.98 Å². The number of aliphatic hydroxyl groups excluding tert-OH is 1. The third kappa shape index (κ3) is 4.14. The van der Waals surface area contributed by atoms with Crippen LogP contribution in [0.2, 0.25) is 0 Å². The molecule has 2 N–H and O–H groups in total. The molecule has 1 heterocycles. The summed E-state index contributed by atoms with van der Waals surface area (Å²) < 4.78 is 5.39. The maximum absolute atomic E-state index is 9.10. The minimum Gasteiger partial charge on any atom is -0.478 e. The summed E-state index contributed by atoms with van der Waals surface area (Å²) in [6.07, 6.45) is 1.54. The number of nitrogens with zero attached hydrogens (tertiary/aromatic N) is 2. The quantitative estimate of drug-likeness (QED) is 0.779. The van der Waals surface area contributed by atoms with E-state index in [1.54, 1.807) is 0 Å². The second kappa shape index (κ2) is 6.54. The molecule has 0 saturated heterocycles. The van der Waals surface area contributed by atoms with E-state index in [2.05, 4.69) is 29.1 Å². The average Bonchev–Trinajstić information content (AvgIpc) is 2.28. The Morgan fingerprint density at radius 1 is 1.39 bits per heavy atom. The van der Waals surface area contributed by atoms with E-state index in [0.29, 0.717) is 24.9 Å². The summed E-state index contributed by atoms with van der Waals surface area (Å²) in [5, 5.41) is 12.4. The van der Waals surface area contributed by atoms with E-state index in [1.807, 2.05) is 19.9 Å². The Kier molecular flexibility index (Phi) is 5.34. The zero-order chi connectivity index (χ0) is 13.6. The van der Waals surface area contributed by atoms with Crippen molar-refractivity contribution in [2.45, 2.75) is 46.1 Å². The first-order chi connectivity index (χ1) is 8.53. The molecule has 1 unspecified atom stereocenters. The normalized spacial score (nSPS) is 14.1. The molecule has 0 aliphatic carbocycles. The molecule has 0 aromatic carbocycles. The van der Waals surface area contributed by atoms with E-state index < -0.39 is 0 Å². The molecular formula is C13H23N3O2. The Morgan fingerprint density at radius 3 is 2.67 bits per heavy atom. The summed E-state index contributed by atoms with van der Waals surface area (Å²) in [5.41, 5.74) is 0.657. The first kappa shape index (κ1) is 14.7. The van der Waals surface area contributed by atoms with Crippen molar-refractivity contribution >= 4 is 5.95 Å². The molecule has 1 atom stereocenters. The summed E-state index contributed by atoms with van der Waals surface area (Å²) >= 11 is 0. The van der Waals surface area contributed by atoms with E-state index in [4.69, 9.17) is 9.84 Å². The van der Waals surface area contributed by atoms with Crippen molar-refractivity contribution in [3.05, 3.63) is 11.8 Å². The maximum Gasteiger partial charge on any atom is 0.226 e. The van der Waals surface area contributed by atoms with Crippen LogP contribution in [-0.4, -0.2) is 33.8 Å². The SMILES string of the molecule is CCOc1cc(C)nc(NC(C)(CC)CCO)n1. The summed E-state index contributed by atoms with van der Waals surface area (Å²) in [6.45, 7) is 8.67. The van der Waals surface area contributed by atoms with Gasteiger partial charge in [-0.25, -0.2) is 4.98 Å². The highest BCUT2D eigenvalue weighted by molar-refractivity contribution is 5.33. The van der Waals surface area contributed by atoms with Crippen molar-refractivity contribution in [2.75, 3.05) is 18.5 Å². The monoisotopic (exact) mass is 253 g/mol. The van der Waals surface area contributed by atoms with Crippen LogP contribution in [0, 0.1) is 6.92 Å². The molecule has 5 nitrogen and oxygen atoms in total. The van der Waals surface area contributed by atoms with Crippen LogP contribution in [0.1, 0.15) is 39.3 Å². The number of hydrogen-bond donors (Lipinski definition) is 2. The Hall–Kier alpha value is -1.36. The smallest absolute Gasteiger partial charge is 0.226 e. The lowest BCUT2D eigenvalue weighted by Gasteiger charge is -2.29. The highest BCUT2D eigenvalue weighted by Crippen LogP contribution is 2.21. The minimum atomic E-state index is -0.202. The van der Waals surface area contributed by atoms with Gasteiger partial charge in [-0.3, -0.25) is 0 Å². The number of aromatic nitrogens is 2. The standard InChI is InChI=1S/C13H23N3O2/c1-5-13(4,7-8-17)16-12-14-10(3)9-11(15-12)18-6-2/h9,17H,5-8H2,1-4H3,(H,14,15,16). The van der Waals surface area contributed by atoms with Crippen molar-refractivity contribution in [1.29, 1.82) is 0 Å². The van der Waals surface area contributed by atoms with Crippen molar-refractivity contribution in [2.24, 2.45) is 0 Å². The summed E-state index contributed by atoms with van der Waals surface area (Å²) in [6, 6.07) is 1.81. The molecule has 18 heavy (non-hydrogen) atoms. The van der Waals surface area contributed by atoms with Gasteiger partial charge in [0.1, 0.15) is 0 Å². The Balaban J connectivity index is 2.88. The average molecular weight is 253 g/mol. The molecule has 0 bridgehead atoms. The fourth-order valence-corrected chi connectivity index (χ4v) is 1.66. The van der Waals surface area contributed by atoms with Crippen molar-refractivity contribution < 1.29 is 9.84 Å². The second-order valence-corrected chi connectivity index (χ2v) is 4.62. The molecule has 0 radical (unpaired) electrons. The molecule has 5 heteroatoms. The number of rotatable bonds is 7. The number of hydrogen-bond acceptors (Lipinski definition) is 5. The number of anilines is 1. The highest BCUT2D eigenvalue weighted by Gasteiger charge is 2.22. The maximum atomic E-state index is 9.10. The molecule has 0 fully saturated rings. The lowest BCUT2D eigenvalue weighted by molar-refractivity contribution is 0.251. The van der Waals surface area contributed by atoms with Gasteiger partial charge >= 0.3 is 0 Å². The lowest BCUT2D eigenvalue weighted by atomic mass is 9.95. The lowest BCUT2D eigenvalue weighted by Crippen LogP contribution is -2.35. The van der Waals surface area contributed by atoms with E-state index in [-0.39, 0.29) is 12.1 Å². The fraction of sp³-hybridized carbons (Fsp3) is 0.692. The van der Waals surface area contributed by atoms with Gasteiger partial charge in [0.25, 0.3) is 0 Å². The predicted molar refractivity (Wildman–Crippen MR) is 72.0 cm³/mol. The van der Waals surface area contributed by atoms with Crippen molar-refractivity contribution in [3.8, 4) is 5.88 Å². The Bertz CT molecular complexity index is 384. The van der Waals surface area contributed by atoms with Gasteiger partial charge in [0.15, 0.2) is 0 Å². The highest BCUT2D eigenvalue weighted by atomic mass is 16.5. The van der Waals surface area contributed by atoms with Crippen LogP contribution >= 0.6 is 0 Å². The van der Waals surface area contributed by atoms with Crippen molar-refractivity contribution in [3.63, 3.8) is 0 Å². The third-order valence-electron chi connectivity index (χ3n) is 2.98. The molecule has 1 aromatic rings. The second-order valence-electron chi connectivity index (χ2n) is 4.62. The molecule has 0 aliphatic rings. The fourth-order valence-electron chi connectivity index (χ4n) is 1.66. The molecule has 0 spiro atoms. The largest absolute Gasteiger partial charge is 0.478 e. The molecule has 102 valence electrons. The van der Waals surface area contributed by atoms with Crippen LogP contribution in [0.3, 0.4) is 0 Å². The zero-order valence-corrected chi connectivity index (χ0v) is 11.7. The van der Waals surface area contributed by atoms with Gasteiger partial charge in [-0.1, -0.05) is 6.92 Å². The number of nitrogens with one attached hydrogen (secondary N) is 1. The molecule has 0 amide bonds. The van der Waals surface area contributed by atoms with E-state index >= 15 is 0 Å². The van der Waals surface area contributed by atoms with Gasteiger partial charge in [-0.05, 0) is 33.6 Å². The summed E-state index contributed by atoms with van der Waals surface area (Å²) in [4.78, 5) is 8.66. The van der Waals surface area contributed by atoms with Crippen molar-refractivity contribution in [1.82, 2.24) is 9.97 Å². The van der Waals surface area contributed by atoms with E-state index in [9.17, 15) is 0 Å². The summed E-state index contributed by atoms with van der Waals surface area (Å²) in [5.74, 6) is 1.13. The van der Waals surface area contributed by atoms with Crippen LogP contribution < -0.4 is 10.1 Å². The van der Waals surface area contributed by atoms with Gasteiger partial charge in [0.05, 0.1) is 6.61 Å². The van der Waals surface area contributed by atoms with Crippen LogP contribution in [0.4, 0.5) is 5.95 Å². The number of aliphatic hydroxyl groups is 1. The first-order valence-electron chi connectivity index (χ1n) is 6.40. The predicted octanol–water partition coefficient (Wildman–Crippen LogP) is 2.15. The molecule has 1 aromatic heterocycles. The molecular weight excluding hydrogens is 230 g/mol. The first-order valence-corrected chi connectivity index (χ1v) is 6.40.